The fourth-order valence-corrected chi connectivity index (χ4v) is 3.26. The van der Waals surface area contributed by atoms with Gasteiger partial charge in [0.05, 0.1) is 23.8 Å². The summed E-state index contributed by atoms with van der Waals surface area (Å²) in [5, 5.41) is 11.1. The molecule has 128 valence electrons. The highest BCUT2D eigenvalue weighted by Crippen LogP contribution is 2.50. The van der Waals surface area contributed by atoms with Crippen LogP contribution in [0.3, 0.4) is 0 Å². The second kappa shape index (κ2) is 5.14. The lowest BCUT2D eigenvalue weighted by Crippen LogP contribution is -2.54. The van der Waals surface area contributed by atoms with Gasteiger partial charge >= 0.3 is 5.91 Å². The molecule has 0 bridgehead atoms. The summed E-state index contributed by atoms with van der Waals surface area (Å²) in [6, 6.07) is 10.5. The molecule has 0 amide bonds. The Kier molecular flexibility index (Phi) is 3.15. The third-order valence-corrected chi connectivity index (χ3v) is 4.53. The van der Waals surface area contributed by atoms with Crippen LogP contribution < -0.4 is 19.1 Å². The summed E-state index contributed by atoms with van der Waals surface area (Å²) in [6.45, 7) is 1.87. The minimum Gasteiger partial charge on any atom is -0.493 e. The third-order valence-electron chi connectivity index (χ3n) is 4.53. The van der Waals surface area contributed by atoms with Crippen molar-refractivity contribution >= 4 is 17.5 Å². The van der Waals surface area contributed by atoms with Crippen LogP contribution in [0.4, 0.5) is 11.4 Å². The molecule has 0 saturated heterocycles. The summed E-state index contributed by atoms with van der Waals surface area (Å²) >= 11 is 0. The zero-order chi connectivity index (χ0) is 17.8. The van der Waals surface area contributed by atoms with Gasteiger partial charge < -0.3 is 14.2 Å². The standard InChI is InChI=1S/C18H16N2O5/c1-11-8-12-9-13(20(21)22)10-16(23-3)17(12)25-18(11)19(2)14-6-4-5-7-15(14)24-18/h4-10H,1-3H3. The number of hydrogen-bond acceptors (Lipinski definition) is 6. The SMILES string of the molecule is COc1cc([N+](=O)[O-])cc2c1OC1(Oc3ccccc3N1C)C(C)=C2. The van der Waals surface area contributed by atoms with E-state index < -0.39 is 10.8 Å². The number of benzene rings is 2. The largest absolute Gasteiger partial charge is 0.493 e. The number of para-hydroxylation sites is 2. The van der Waals surface area contributed by atoms with Gasteiger partial charge in [-0.3, -0.25) is 15.0 Å². The third kappa shape index (κ3) is 2.05. The predicted octanol–water partition coefficient (Wildman–Crippen LogP) is 3.58. The average molecular weight is 340 g/mol. The lowest BCUT2D eigenvalue weighted by Gasteiger charge is -2.39. The van der Waals surface area contributed by atoms with Gasteiger partial charge in [-0.1, -0.05) is 12.1 Å². The van der Waals surface area contributed by atoms with Gasteiger partial charge in [0.1, 0.15) is 5.75 Å². The van der Waals surface area contributed by atoms with Crippen molar-refractivity contribution in [2.24, 2.45) is 0 Å². The monoisotopic (exact) mass is 340 g/mol. The molecule has 7 nitrogen and oxygen atoms in total. The van der Waals surface area contributed by atoms with E-state index in [1.807, 2.05) is 49.2 Å². The Morgan fingerprint density at radius 2 is 2.00 bits per heavy atom. The minimum absolute atomic E-state index is 0.0526. The van der Waals surface area contributed by atoms with Gasteiger partial charge in [0.2, 0.25) is 0 Å². The fraction of sp³-hybridized carbons (Fsp3) is 0.222. The van der Waals surface area contributed by atoms with E-state index in [0.717, 1.165) is 11.3 Å². The summed E-state index contributed by atoms with van der Waals surface area (Å²) in [5.41, 5.74) is 2.21. The summed E-state index contributed by atoms with van der Waals surface area (Å²) in [4.78, 5) is 12.6. The van der Waals surface area contributed by atoms with E-state index in [4.69, 9.17) is 14.2 Å². The molecule has 0 radical (unpaired) electrons. The highest BCUT2D eigenvalue weighted by atomic mass is 16.7. The van der Waals surface area contributed by atoms with Crippen LogP contribution in [0.25, 0.3) is 6.08 Å². The molecule has 25 heavy (non-hydrogen) atoms. The number of anilines is 1. The van der Waals surface area contributed by atoms with E-state index in [1.54, 1.807) is 0 Å². The van der Waals surface area contributed by atoms with Crippen molar-refractivity contribution in [2.45, 2.75) is 12.8 Å². The highest BCUT2D eigenvalue weighted by molar-refractivity contribution is 5.74. The maximum Gasteiger partial charge on any atom is 0.363 e. The van der Waals surface area contributed by atoms with Crippen molar-refractivity contribution in [2.75, 3.05) is 19.1 Å². The molecule has 0 aromatic heterocycles. The van der Waals surface area contributed by atoms with Crippen LogP contribution in [0.2, 0.25) is 0 Å². The molecule has 1 unspecified atom stereocenters. The molecule has 4 rings (SSSR count). The van der Waals surface area contributed by atoms with Crippen molar-refractivity contribution in [3.8, 4) is 17.2 Å². The Labute approximate surface area is 144 Å². The van der Waals surface area contributed by atoms with Crippen LogP contribution >= 0.6 is 0 Å². The van der Waals surface area contributed by atoms with Gasteiger partial charge in [-0.2, -0.15) is 0 Å². The quantitative estimate of drug-likeness (QED) is 0.614. The molecule has 0 N–H and O–H groups in total. The maximum atomic E-state index is 11.1. The van der Waals surface area contributed by atoms with E-state index in [-0.39, 0.29) is 5.69 Å². The average Bonchev–Trinajstić information content (AvgIpc) is 2.88. The van der Waals surface area contributed by atoms with Crippen molar-refractivity contribution in [1.82, 2.24) is 0 Å². The van der Waals surface area contributed by atoms with Crippen LogP contribution in [-0.4, -0.2) is 25.0 Å². The maximum absolute atomic E-state index is 11.1. The molecule has 2 aromatic carbocycles. The van der Waals surface area contributed by atoms with Crippen LogP contribution in [0.15, 0.2) is 42.0 Å². The summed E-state index contributed by atoms with van der Waals surface area (Å²) in [5.74, 6) is 0.279. The second-order valence-corrected chi connectivity index (χ2v) is 5.96. The predicted molar refractivity (Wildman–Crippen MR) is 92.1 cm³/mol. The lowest BCUT2D eigenvalue weighted by molar-refractivity contribution is -0.385. The van der Waals surface area contributed by atoms with E-state index in [1.165, 1.54) is 19.2 Å². The Hall–Kier alpha value is -3.22. The highest BCUT2D eigenvalue weighted by Gasteiger charge is 2.51. The molecule has 0 aliphatic carbocycles. The number of nitro benzene ring substituents is 1. The Morgan fingerprint density at radius 1 is 1.24 bits per heavy atom. The first-order valence-corrected chi connectivity index (χ1v) is 7.72. The van der Waals surface area contributed by atoms with Gasteiger partial charge in [0.15, 0.2) is 11.5 Å². The normalized spacial score (nSPS) is 20.3. The van der Waals surface area contributed by atoms with Crippen LogP contribution in [0, 0.1) is 10.1 Å². The second-order valence-electron chi connectivity index (χ2n) is 5.96. The van der Waals surface area contributed by atoms with Crippen LogP contribution in [0.5, 0.6) is 17.2 Å². The molecular weight excluding hydrogens is 324 g/mol. The zero-order valence-electron chi connectivity index (χ0n) is 14.0. The van der Waals surface area contributed by atoms with E-state index in [2.05, 4.69) is 0 Å². The first-order chi connectivity index (χ1) is 12.0. The summed E-state index contributed by atoms with van der Waals surface area (Å²) < 4.78 is 17.7. The van der Waals surface area contributed by atoms with Gasteiger partial charge in [-0.15, -0.1) is 0 Å². The van der Waals surface area contributed by atoms with E-state index >= 15 is 0 Å². The number of rotatable bonds is 2. The first kappa shape index (κ1) is 15.3. The van der Waals surface area contributed by atoms with Gasteiger partial charge in [0.25, 0.3) is 5.69 Å². The van der Waals surface area contributed by atoms with Crippen molar-refractivity contribution < 1.29 is 19.1 Å². The van der Waals surface area contributed by atoms with Crippen molar-refractivity contribution in [1.29, 1.82) is 0 Å². The molecule has 1 spiro atoms. The van der Waals surface area contributed by atoms with Crippen molar-refractivity contribution in [3.63, 3.8) is 0 Å². The first-order valence-electron chi connectivity index (χ1n) is 7.72. The number of non-ortho nitro benzene ring substituents is 1. The molecule has 2 aliphatic heterocycles. The Bertz CT molecular complexity index is 924. The molecular formula is C18H16N2O5. The Morgan fingerprint density at radius 3 is 2.68 bits per heavy atom. The molecule has 1 atom stereocenters. The van der Waals surface area contributed by atoms with E-state index in [9.17, 15) is 10.1 Å². The number of fused-ring (bicyclic) bond motifs is 2. The molecule has 0 saturated carbocycles. The smallest absolute Gasteiger partial charge is 0.363 e. The minimum atomic E-state index is -1.14. The number of nitro groups is 1. The molecule has 2 aliphatic rings. The number of ether oxygens (including phenoxy) is 3. The number of methoxy groups -OCH3 is 1. The number of nitrogens with zero attached hydrogens (tertiary/aromatic N) is 2. The molecule has 2 heterocycles. The zero-order valence-corrected chi connectivity index (χ0v) is 14.0. The van der Waals surface area contributed by atoms with Crippen LogP contribution in [-0.2, 0) is 0 Å². The Balaban J connectivity index is 1.86. The van der Waals surface area contributed by atoms with E-state index in [0.29, 0.717) is 22.8 Å². The lowest BCUT2D eigenvalue weighted by atomic mass is 10.0. The van der Waals surface area contributed by atoms with Gasteiger partial charge in [0, 0.05) is 24.3 Å². The van der Waals surface area contributed by atoms with Crippen LogP contribution in [0.1, 0.15) is 12.5 Å². The fourth-order valence-electron chi connectivity index (χ4n) is 3.26. The van der Waals surface area contributed by atoms with Crippen molar-refractivity contribution in [3.05, 3.63) is 57.6 Å². The molecule has 2 aromatic rings. The molecule has 7 heteroatoms. The number of hydrogen-bond donors (Lipinski definition) is 0. The topological polar surface area (TPSA) is 74.1 Å². The molecule has 0 fully saturated rings. The number of likely N-dealkylation sites (N-methyl/N-ethyl adjacent to an activating group) is 1. The summed E-state index contributed by atoms with van der Waals surface area (Å²) in [6.07, 6.45) is 1.83. The summed E-state index contributed by atoms with van der Waals surface area (Å²) in [7, 11) is 3.33. The van der Waals surface area contributed by atoms with Gasteiger partial charge in [-0.25, -0.2) is 0 Å². The van der Waals surface area contributed by atoms with Gasteiger partial charge in [-0.05, 0) is 25.1 Å².